The summed E-state index contributed by atoms with van der Waals surface area (Å²) < 4.78 is 5.69. The van der Waals surface area contributed by atoms with Crippen LogP contribution >= 0.6 is 0 Å². The van der Waals surface area contributed by atoms with Gasteiger partial charge in [-0.1, -0.05) is 31.5 Å². The van der Waals surface area contributed by atoms with E-state index in [1.165, 1.54) is 0 Å². The summed E-state index contributed by atoms with van der Waals surface area (Å²) in [5.41, 5.74) is 2.99. The topological polar surface area (TPSA) is 84.6 Å². The Balaban J connectivity index is 2.82. The Kier molecular flexibility index (Phi) is 6.18. The lowest BCUT2D eigenvalue weighted by molar-refractivity contribution is -0.128. The quantitative estimate of drug-likeness (QED) is 0.380. The van der Waals surface area contributed by atoms with Crippen molar-refractivity contribution in [2.45, 2.75) is 32.3 Å². The van der Waals surface area contributed by atoms with E-state index in [-0.39, 0.29) is 12.5 Å². The van der Waals surface area contributed by atoms with Crippen LogP contribution < -0.4 is 16.0 Å². The molecular weight excluding hydrogens is 232 g/mol. The second-order valence-electron chi connectivity index (χ2n) is 3.99. The summed E-state index contributed by atoms with van der Waals surface area (Å²) in [7, 11) is 0. The molecule has 0 heterocycles. The van der Waals surface area contributed by atoms with Crippen LogP contribution in [0.1, 0.15) is 25.3 Å². The molecule has 0 aliphatic rings. The number of aliphatic hydroxyl groups excluding tert-OH is 1. The average molecular weight is 252 g/mol. The SMILES string of the molecule is CCCC(Oc1ccccc1CCO)C(=O)NN. The summed E-state index contributed by atoms with van der Waals surface area (Å²) in [6.45, 7) is 2.02. The molecule has 1 amide bonds. The Bertz CT molecular complexity index is 382. The second-order valence-corrected chi connectivity index (χ2v) is 3.99. The monoisotopic (exact) mass is 252 g/mol. The lowest BCUT2D eigenvalue weighted by Gasteiger charge is -2.18. The number of rotatable bonds is 7. The summed E-state index contributed by atoms with van der Waals surface area (Å²) in [6, 6.07) is 7.36. The molecule has 18 heavy (non-hydrogen) atoms. The van der Waals surface area contributed by atoms with Crippen molar-refractivity contribution in [3.05, 3.63) is 29.8 Å². The van der Waals surface area contributed by atoms with Gasteiger partial charge >= 0.3 is 0 Å². The number of ether oxygens (including phenoxy) is 1. The number of hydrogen-bond acceptors (Lipinski definition) is 4. The minimum absolute atomic E-state index is 0.0436. The van der Waals surface area contributed by atoms with Crippen LogP contribution in [0.5, 0.6) is 5.75 Å². The number of hydrazine groups is 1. The number of hydrogen-bond donors (Lipinski definition) is 3. The van der Waals surface area contributed by atoms with Crippen LogP contribution in [0.2, 0.25) is 0 Å². The number of benzene rings is 1. The first kappa shape index (κ1) is 14.5. The Labute approximate surface area is 107 Å². The highest BCUT2D eigenvalue weighted by atomic mass is 16.5. The molecule has 0 aliphatic heterocycles. The van der Waals surface area contributed by atoms with Crippen molar-refractivity contribution in [1.82, 2.24) is 5.43 Å². The first-order chi connectivity index (χ1) is 8.72. The predicted molar refractivity (Wildman–Crippen MR) is 68.9 cm³/mol. The largest absolute Gasteiger partial charge is 0.480 e. The highest BCUT2D eigenvalue weighted by Crippen LogP contribution is 2.21. The number of nitrogens with one attached hydrogen (secondary N) is 1. The van der Waals surface area contributed by atoms with Crippen molar-refractivity contribution in [1.29, 1.82) is 0 Å². The summed E-state index contributed by atoms with van der Waals surface area (Å²) in [4.78, 5) is 11.6. The Morgan fingerprint density at radius 1 is 1.50 bits per heavy atom. The fraction of sp³-hybridized carbons (Fsp3) is 0.462. The third-order valence-corrected chi connectivity index (χ3v) is 2.61. The Morgan fingerprint density at radius 2 is 2.22 bits per heavy atom. The third kappa shape index (κ3) is 4.01. The number of aliphatic hydroxyl groups is 1. The van der Waals surface area contributed by atoms with Gasteiger partial charge in [0.15, 0.2) is 6.10 Å². The summed E-state index contributed by atoms with van der Waals surface area (Å²) in [5, 5.41) is 8.98. The van der Waals surface area contributed by atoms with Crippen LogP contribution in [0.25, 0.3) is 0 Å². The van der Waals surface area contributed by atoms with Gasteiger partial charge in [0.05, 0.1) is 0 Å². The molecule has 1 aromatic carbocycles. The van der Waals surface area contributed by atoms with E-state index in [9.17, 15) is 4.79 Å². The van der Waals surface area contributed by atoms with Crippen molar-refractivity contribution in [3.8, 4) is 5.75 Å². The van der Waals surface area contributed by atoms with Crippen molar-refractivity contribution in [2.24, 2.45) is 5.84 Å². The van der Waals surface area contributed by atoms with Gasteiger partial charge in [-0.3, -0.25) is 10.2 Å². The van der Waals surface area contributed by atoms with Crippen LogP contribution in [-0.2, 0) is 11.2 Å². The van der Waals surface area contributed by atoms with E-state index in [2.05, 4.69) is 5.43 Å². The fourth-order valence-corrected chi connectivity index (χ4v) is 1.70. The molecule has 5 nitrogen and oxygen atoms in total. The third-order valence-electron chi connectivity index (χ3n) is 2.61. The average Bonchev–Trinajstić information content (AvgIpc) is 2.39. The molecule has 0 spiro atoms. The van der Waals surface area contributed by atoms with E-state index in [1.54, 1.807) is 6.07 Å². The number of carbonyl (C=O) groups excluding carboxylic acids is 1. The van der Waals surface area contributed by atoms with E-state index in [0.717, 1.165) is 12.0 Å². The minimum Gasteiger partial charge on any atom is -0.480 e. The summed E-state index contributed by atoms with van der Waals surface area (Å²) in [6.07, 6.45) is 1.32. The molecule has 1 rings (SSSR count). The van der Waals surface area contributed by atoms with Gasteiger partial charge in [-0.25, -0.2) is 5.84 Å². The van der Waals surface area contributed by atoms with Gasteiger partial charge in [0.25, 0.3) is 5.91 Å². The normalized spacial score (nSPS) is 11.9. The standard InChI is InChI=1S/C13H20N2O3/c1-2-5-12(13(17)15-14)18-11-7-4-3-6-10(11)8-9-16/h3-4,6-7,12,16H,2,5,8-9,14H2,1H3,(H,15,17). The van der Waals surface area contributed by atoms with E-state index in [1.807, 2.05) is 25.1 Å². The van der Waals surface area contributed by atoms with E-state index in [4.69, 9.17) is 15.7 Å². The van der Waals surface area contributed by atoms with Gasteiger partial charge in [-0.2, -0.15) is 0 Å². The molecule has 0 saturated carbocycles. The van der Waals surface area contributed by atoms with Crippen molar-refractivity contribution < 1.29 is 14.6 Å². The molecule has 4 N–H and O–H groups in total. The Hall–Kier alpha value is -1.59. The molecule has 1 unspecified atom stereocenters. The Morgan fingerprint density at radius 3 is 2.83 bits per heavy atom. The summed E-state index contributed by atoms with van der Waals surface area (Å²) >= 11 is 0. The van der Waals surface area contributed by atoms with Crippen LogP contribution in [-0.4, -0.2) is 23.7 Å². The maximum atomic E-state index is 11.6. The number of amides is 1. The molecule has 1 aromatic rings. The molecule has 0 bridgehead atoms. The lowest BCUT2D eigenvalue weighted by Crippen LogP contribution is -2.42. The van der Waals surface area contributed by atoms with Crippen LogP contribution in [0.4, 0.5) is 0 Å². The molecule has 0 radical (unpaired) electrons. The molecule has 0 aromatic heterocycles. The molecule has 0 saturated heterocycles. The zero-order chi connectivity index (χ0) is 13.4. The fourth-order valence-electron chi connectivity index (χ4n) is 1.70. The zero-order valence-corrected chi connectivity index (χ0v) is 10.6. The van der Waals surface area contributed by atoms with E-state index < -0.39 is 6.10 Å². The number of nitrogens with two attached hydrogens (primary N) is 1. The maximum absolute atomic E-state index is 11.6. The number of carbonyl (C=O) groups is 1. The predicted octanol–water partition coefficient (Wildman–Crippen LogP) is 0.759. The first-order valence-electron chi connectivity index (χ1n) is 6.08. The van der Waals surface area contributed by atoms with Gasteiger partial charge in [0.2, 0.25) is 0 Å². The van der Waals surface area contributed by atoms with Gasteiger partial charge in [-0.15, -0.1) is 0 Å². The lowest BCUT2D eigenvalue weighted by atomic mass is 10.1. The van der Waals surface area contributed by atoms with Crippen LogP contribution in [0.3, 0.4) is 0 Å². The highest BCUT2D eigenvalue weighted by Gasteiger charge is 2.19. The van der Waals surface area contributed by atoms with E-state index in [0.29, 0.717) is 18.6 Å². The molecule has 0 fully saturated rings. The second kappa shape index (κ2) is 7.68. The van der Waals surface area contributed by atoms with Gasteiger partial charge < -0.3 is 9.84 Å². The van der Waals surface area contributed by atoms with Gasteiger partial charge in [0, 0.05) is 6.61 Å². The van der Waals surface area contributed by atoms with Crippen LogP contribution in [0, 0.1) is 0 Å². The maximum Gasteiger partial charge on any atom is 0.274 e. The number of para-hydroxylation sites is 1. The van der Waals surface area contributed by atoms with Gasteiger partial charge in [-0.05, 0) is 24.5 Å². The van der Waals surface area contributed by atoms with Crippen molar-refractivity contribution >= 4 is 5.91 Å². The molecule has 100 valence electrons. The molecule has 1 atom stereocenters. The molecule has 0 aliphatic carbocycles. The van der Waals surface area contributed by atoms with Crippen molar-refractivity contribution in [3.63, 3.8) is 0 Å². The molecule has 5 heteroatoms. The van der Waals surface area contributed by atoms with Crippen LogP contribution in [0.15, 0.2) is 24.3 Å². The van der Waals surface area contributed by atoms with Gasteiger partial charge in [0.1, 0.15) is 5.75 Å². The van der Waals surface area contributed by atoms with E-state index >= 15 is 0 Å². The molecular formula is C13H20N2O3. The van der Waals surface area contributed by atoms with Crippen molar-refractivity contribution in [2.75, 3.05) is 6.61 Å². The zero-order valence-electron chi connectivity index (χ0n) is 10.6. The first-order valence-corrected chi connectivity index (χ1v) is 6.08. The minimum atomic E-state index is -0.597. The smallest absolute Gasteiger partial charge is 0.274 e. The summed E-state index contributed by atoms with van der Waals surface area (Å²) in [5.74, 6) is 5.42. The highest BCUT2D eigenvalue weighted by molar-refractivity contribution is 5.80.